The van der Waals surface area contributed by atoms with Gasteiger partial charge in [-0.2, -0.15) is 18.4 Å². The number of carbonyl (C=O) groups is 1. The molecule has 0 saturated carbocycles. The van der Waals surface area contributed by atoms with Crippen LogP contribution in [0.5, 0.6) is 0 Å². The van der Waals surface area contributed by atoms with Gasteiger partial charge in [-0.25, -0.2) is 13.6 Å². The SMILES string of the molecule is COC(=O)c1cc(C#N)cc(C(F)F)c1C(F)(F)F. The van der Waals surface area contributed by atoms with Crippen LogP contribution in [0.4, 0.5) is 22.0 Å². The summed E-state index contributed by atoms with van der Waals surface area (Å²) in [7, 11) is 0.809. The van der Waals surface area contributed by atoms with Crippen molar-refractivity contribution in [1.29, 1.82) is 5.26 Å². The first kappa shape index (κ1) is 14.9. The summed E-state index contributed by atoms with van der Waals surface area (Å²) in [5.41, 5.74) is -4.80. The minimum atomic E-state index is -5.16. The minimum absolute atomic E-state index is 0.403. The standard InChI is InChI=1S/C11H6F5NO2/c1-19-10(18)7-3-5(4-17)2-6(9(12)13)8(7)11(14,15)16/h2-3,9H,1H3. The average Bonchev–Trinajstić information content (AvgIpc) is 2.34. The molecular formula is C11H6F5NO2. The molecule has 0 bridgehead atoms. The number of esters is 1. The number of nitriles is 1. The van der Waals surface area contributed by atoms with Crippen molar-refractivity contribution >= 4 is 5.97 Å². The van der Waals surface area contributed by atoms with Crippen molar-refractivity contribution in [2.45, 2.75) is 12.6 Å². The molecule has 1 aromatic carbocycles. The fraction of sp³-hybridized carbons (Fsp3) is 0.273. The Balaban J connectivity index is 3.73. The monoisotopic (exact) mass is 279 g/mol. The molecule has 1 aromatic rings. The molecule has 0 saturated heterocycles. The Bertz CT molecular complexity index is 545. The molecule has 0 heterocycles. The third-order valence-corrected chi connectivity index (χ3v) is 2.22. The van der Waals surface area contributed by atoms with Crippen LogP contribution in [-0.4, -0.2) is 13.1 Å². The highest BCUT2D eigenvalue weighted by molar-refractivity contribution is 5.92. The summed E-state index contributed by atoms with van der Waals surface area (Å²) in [5, 5.41) is 8.59. The van der Waals surface area contributed by atoms with E-state index < -0.39 is 40.8 Å². The van der Waals surface area contributed by atoms with E-state index in [9.17, 15) is 26.7 Å². The van der Waals surface area contributed by atoms with E-state index in [2.05, 4.69) is 4.74 Å². The van der Waals surface area contributed by atoms with Crippen molar-refractivity contribution in [3.8, 4) is 6.07 Å². The van der Waals surface area contributed by atoms with E-state index >= 15 is 0 Å². The number of nitrogens with zero attached hydrogens (tertiary/aromatic N) is 1. The van der Waals surface area contributed by atoms with Crippen LogP contribution in [-0.2, 0) is 10.9 Å². The Morgan fingerprint density at radius 2 is 1.95 bits per heavy atom. The normalized spacial score (nSPS) is 11.3. The maximum Gasteiger partial charge on any atom is 0.417 e. The second-order valence-electron chi connectivity index (χ2n) is 3.39. The van der Waals surface area contributed by atoms with Gasteiger partial charge in [0.15, 0.2) is 0 Å². The summed E-state index contributed by atoms with van der Waals surface area (Å²) in [6, 6.07) is 2.38. The topological polar surface area (TPSA) is 50.1 Å². The third kappa shape index (κ3) is 2.99. The number of halogens is 5. The fourth-order valence-corrected chi connectivity index (χ4v) is 1.49. The molecule has 8 heteroatoms. The lowest BCUT2D eigenvalue weighted by molar-refractivity contribution is -0.140. The first-order valence-electron chi connectivity index (χ1n) is 4.74. The average molecular weight is 279 g/mol. The lowest BCUT2D eigenvalue weighted by atomic mass is 9.97. The molecule has 0 spiro atoms. The van der Waals surface area contributed by atoms with E-state index in [1.807, 2.05) is 0 Å². The maximum absolute atomic E-state index is 12.8. The molecule has 0 aromatic heterocycles. The summed E-state index contributed by atoms with van der Waals surface area (Å²) in [5.74, 6) is -1.44. The quantitative estimate of drug-likeness (QED) is 0.616. The van der Waals surface area contributed by atoms with Crippen molar-refractivity contribution in [2.75, 3.05) is 7.11 Å². The zero-order valence-corrected chi connectivity index (χ0v) is 9.39. The molecule has 0 unspecified atom stereocenters. The molecule has 0 aliphatic heterocycles. The summed E-state index contributed by atoms with van der Waals surface area (Å²) in [4.78, 5) is 11.2. The first-order valence-corrected chi connectivity index (χ1v) is 4.74. The van der Waals surface area contributed by atoms with Gasteiger partial charge >= 0.3 is 12.1 Å². The van der Waals surface area contributed by atoms with E-state index in [-0.39, 0.29) is 0 Å². The smallest absolute Gasteiger partial charge is 0.417 e. The van der Waals surface area contributed by atoms with Gasteiger partial charge in [-0.3, -0.25) is 0 Å². The number of carbonyl (C=O) groups excluding carboxylic acids is 1. The molecule has 0 amide bonds. The summed E-state index contributed by atoms with van der Waals surface area (Å²) in [6.45, 7) is 0. The molecular weight excluding hydrogens is 273 g/mol. The zero-order valence-electron chi connectivity index (χ0n) is 9.39. The highest BCUT2D eigenvalue weighted by Gasteiger charge is 2.40. The largest absolute Gasteiger partial charge is 0.465 e. The predicted molar refractivity (Wildman–Crippen MR) is 52.5 cm³/mol. The first-order chi connectivity index (χ1) is 8.72. The van der Waals surface area contributed by atoms with E-state index in [1.165, 1.54) is 6.07 Å². The summed E-state index contributed by atoms with van der Waals surface area (Å²) < 4.78 is 67.8. The van der Waals surface area contributed by atoms with E-state index in [0.29, 0.717) is 12.1 Å². The molecule has 102 valence electrons. The van der Waals surface area contributed by atoms with Gasteiger partial charge in [-0.1, -0.05) is 0 Å². The van der Waals surface area contributed by atoms with E-state index in [0.717, 1.165) is 7.11 Å². The Kier molecular flexibility index (Phi) is 4.09. The second-order valence-corrected chi connectivity index (χ2v) is 3.39. The van der Waals surface area contributed by atoms with E-state index in [4.69, 9.17) is 5.26 Å². The number of methoxy groups -OCH3 is 1. The summed E-state index contributed by atoms with van der Waals surface area (Å²) in [6.07, 6.45) is -8.64. The number of hydrogen-bond donors (Lipinski definition) is 0. The number of benzene rings is 1. The Hall–Kier alpha value is -2.17. The number of ether oxygens (including phenoxy) is 1. The number of hydrogen-bond acceptors (Lipinski definition) is 3. The molecule has 1 rings (SSSR count). The fourth-order valence-electron chi connectivity index (χ4n) is 1.49. The van der Waals surface area contributed by atoms with Crippen molar-refractivity contribution in [1.82, 2.24) is 0 Å². The van der Waals surface area contributed by atoms with Crippen molar-refractivity contribution in [2.24, 2.45) is 0 Å². The van der Waals surface area contributed by atoms with Crippen LogP contribution in [0.3, 0.4) is 0 Å². The van der Waals surface area contributed by atoms with Gasteiger partial charge in [0.05, 0.1) is 29.9 Å². The van der Waals surface area contributed by atoms with Gasteiger partial charge in [-0.05, 0) is 12.1 Å². The van der Waals surface area contributed by atoms with Crippen LogP contribution in [0.1, 0.15) is 33.5 Å². The molecule has 0 N–H and O–H groups in total. The van der Waals surface area contributed by atoms with Crippen LogP contribution in [0.15, 0.2) is 12.1 Å². The number of rotatable bonds is 2. The maximum atomic E-state index is 12.8. The minimum Gasteiger partial charge on any atom is -0.465 e. The van der Waals surface area contributed by atoms with Crippen molar-refractivity contribution in [3.63, 3.8) is 0 Å². The van der Waals surface area contributed by atoms with Crippen LogP contribution in [0, 0.1) is 11.3 Å². The van der Waals surface area contributed by atoms with Crippen molar-refractivity contribution < 1.29 is 31.5 Å². The molecule has 19 heavy (non-hydrogen) atoms. The zero-order chi connectivity index (χ0) is 14.8. The van der Waals surface area contributed by atoms with Crippen LogP contribution in [0.2, 0.25) is 0 Å². The lowest BCUT2D eigenvalue weighted by Gasteiger charge is -2.16. The Morgan fingerprint density at radius 3 is 2.32 bits per heavy atom. The number of alkyl halides is 5. The van der Waals surface area contributed by atoms with Gasteiger partial charge in [0.1, 0.15) is 0 Å². The Morgan fingerprint density at radius 1 is 1.37 bits per heavy atom. The van der Waals surface area contributed by atoms with E-state index in [1.54, 1.807) is 0 Å². The van der Waals surface area contributed by atoms with Crippen LogP contribution >= 0.6 is 0 Å². The van der Waals surface area contributed by atoms with Crippen LogP contribution in [0.25, 0.3) is 0 Å². The van der Waals surface area contributed by atoms with Crippen LogP contribution < -0.4 is 0 Å². The highest BCUT2D eigenvalue weighted by Crippen LogP contribution is 2.39. The Labute approximate surface area is 104 Å². The molecule has 3 nitrogen and oxygen atoms in total. The van der Waals surface area contributed by atoms with Gasteiger partial charge in [0.2, 0.25) is 0 Å². The van der Waals surface area contributed by atoms with Gasteiger partial charge in [-0.15, -0.1) is 0 Å². The predicted octanol–water partition coefficient (Wildman–Crippen LogP) is 3.30. The van der Waals surface area contributed by atoms with Gasteiger partial charge < -0.3 is 4.74 Å². The second kappa shape index (κ2) is 5.22. The highest BCUT2D eigenvalue weighted by atomic mass is 19.4. The lowest BCUT2D eigenvalue weighted by Crippen LogP contribution is -2.18. The molecule has 0 aliphatic rings. The molecule has 0 atom stereocenters. The van der Waals surface area contributed by atoms with Crippen molar-refractivity contribution in [3.05, 3.63) is 34.4 Å². The third-order valence-electron chi connectivity index (χ3n) is 2.22. The summed E-state index contributed by atoms with van der Waals surface area (Å²) >= 11 is 0. The van der Waals surface area contributed by atoms with Gasteiger partial charge in [0, 0.05) is 5.56 Å². The molecule has 0 radical (unpaired) electrons. The molecule has 0 fully saturated rings. The van der Waals surface area contributed by atoms with Gasteiger partial charge in [0.25, 0.3) is 6.43 Å². The molecule has 0 aliphatic carbocycles.